The number of hydrogen-bond donors (Lipinski definition) is 1. The molecule has 0 radical (unpaired) electrons. The summed E-state index contributed by atoms with van der Waals surface area (Å²) in [7, 11) is 1.47. The van der Waals surface area contributed by atoms with Crippen molar-refractivity contribution in [2.45, 2.75) is 84.0 Å². The number of alkyl halides is 2. The van der Waals surface area contributed by atoms with Crippen LogP contribution >= 0.6 is 0 Å². The van der Waals surface area contributed by atoms with Gasteiger partial charge < -0.3 is 24.2 Å². The van der Waals surface area contributed by atoms with Gasteiger partial charge in [0, 0.05) is 12.0 Å². The lowest BCUT2D eigenvalue weighted by atomic mass is 9.77. The Balaban J connectivity index is 1.61. The number of ether oxygens (including phenoxy) is 3. The van der Waals surface area contributed by atoms with E-state index in [1.807, 2.05) is 20.8 Å². The molecule has 1 saturated carbocycles. The molecule has 6 atom stereocenters. The maximum atomic E-state index is 15.8. The highest BCUT2D eigenvalue weighted by atomic mass is 19.3. The Labute approximate surface area is 254 Å². The van der Waals surface area contributed by atoms with Crippen LogP contribution in [-0.2, 0) is 25.0 Å². The number of fused-ring (bicyclic) bond motifs is 5. The number of rotatable bonds is 3. The number of aliphatic carboxylic acids is 1. The lowest BCUT2D eigenvalue weighted by Crippen LogP contribution is -2.48. The third kappa shape index (κ3) is 6.34. The number of carbonyl (C=O) groups excluding carboxylic acids is 2. The van der Waals surface area contributed by atoms with Crippen LogP contribution in [0.1, 0.15) is 65.5 Å². The Morgan fingerprint density at radius 2 is 1.91 bits per heavy atom. The summed E-state index contributed by atoms with van der Waals surface area (Å²) in [5.41, 5.74) is -0.945. The van der Waals surface area contributed by atoms with E-state index in [1.54, 1.807) is 19.1 Å². The van der Waals surface area contributed by atoms with Crippen LogP contribution < -0.4 is 9.47 Å². The third-order valence-electron chi connectivity index (χ3n) is 8.91. The summed E-state index contributed by atoms with van der Waals surface area (Å²) in [6, 6.07) is 3.37. The largest absolute Gasteiger partial charge is 0.497 e. The fraction of sp³-hybridized carbons (Fsp3) is 0.594. The van der Waals surface area contributed by atoms with Gasteiger partial charge in [0.05, 0.1) is 37.0 Å². The van der Waals surface area contributed by atoms with Gasteiger partial charge in [0.15, 0.2) is 5.69 Å². The molecular weight excluding hydrogens is 576 g/mol. The quantitative estimate of drug-likeness (QED) is 0.369. The Bertz CT molecular complexity index is 1470. The van der Waals surface area contributed by atoms with E-state index < -0.39 is 64.7 Å². The molecule has 238 valence electrons. The van der Waals surface area contributed by atoms with Gasteiger partial charge in [-0.05, 0) is 55.2 Å². The summed E-state index contributed by atoms with van der Waals surface area (Å²) in [4.78, 5) is 49.5. The fourth-order valence-corrected chi connectivity index (χ4v) is 6.26. The smallest absolute Gasteiger partial charge is 0.326 e. The summed E-state index contributed by atoms with van der Waals surface area (Å²) in [6.07, 6.45) is 2.40. The van der Waals surface area contributed by atoms with Gasteiger partial charge >= 0.3 is 17.9 Å². The van der Waals surface area contributed by atoms with E-state index in [2.05, 4.69) is 9.97 Å². The van der Waals surface area contributed by atoms with E-state index in [-0.39, 0.29) is 42.4 Å². The van der Waals surface area contributed by atoms with E-state index in [1.165, 1.54) is 24.2 Å². The maximum absolute atomic E-state index is 15.8. The van der Waals surface area contributed by atoms with E-state index in [0.717, 1.165) is 6.08 Å². The van der Waals surface area contributed by atoms with Gasteiger partial charge in [0.2, 0.25) is 11.8 Å². The summed E-state index contributed by atoms with van der Waals surface area (Å²) in [5, 5.41) is 10.3. The van der Waals surface area contributed by atoms with Crippen LogP contribution in [0.3, 0.4) is 0 Å². The van der Waals surface area contributed by atoms with Crippen molar-refractivity contribution in [2.75, 3.05) is 13.7 Å². The van der Waals surface area contributed by atoms with Crippen LogP contribution in [-0.4, -0.2) is 69.7 Å². The van der Waals surface area contributed by atoms with Crippen molar-refractivity contribution in [3.63, 3.8) is 0 Å². The van der Waals surface area contributed by atoms with Crippen LogP contribution in [0, 0.1) is 23.2 Å². The summed E-state index contributed by atoms with van der Waals surface area (Å²) in [5.74, 6) is -7.47. The van der Waals surface area contributed by atoms with Crippen LogP contribution in [0.25, 0.3) is 11.0 Å². The topological polar surface area (TPSA) is 128 Å². The van der Waals surface area contributed by atoms with Gasteiger partial charge in [0.1, 0.15) is 24.0 Å². The highest BCUT2D eigenvalue weighted by Crippen LogP contribution is 2.42. The predicted molar refractivity (Wildman–Crippen MR) is 155 cm³/mol. The molecule has 0 unspecified atom stereocenters. The average Bonchev–Trinajstić information content (AvgIpc) is 3.58. The van der Waals surface area contributed by atoms with Gasteiger partial charge in [-0.3, -0.25) is 9.59 Å². The monoisotopic (exact) mass is 615 g/mol. The second-order valence-electron chi connectivity index (χ2n) is 13.0. The number of halogens is 2. The molecule has 2 aliphatic heterocycles. The highest BCUT2D eigenvalue weighted by Gasteiger charge is 2.52. The van der Waals surface area contributed by atoms with E-state index in [4.69, 9.17) is 14.2 Å². The standard InChI is InChI=1S/C32H39F2N3O7/c1-6-19-24-16-37(26(19)30(40)41)29(39)20(31(2,3)4)15-25(38)43-23-13-17(23)9-7-8-12-32(33,34)27-28(44-24)36-22-14-18(42-5)10-11-21(22)35-27/h8,10-12,14,17,19-20,23-24,26H,6-7,9,13,15-16H2,1-5H3,(H,40,41)/b12-8+/t17-,19-,20-,23-,24+,26+/m1/s1. The average molecular weight is 616 g/mol. The lowest BCUT2D eigenvalue weighted by Gasteiger charge is -2.34. The molecule has 3 aliphatic rings. The number of hydrogen-bond acceptors (Lipinski definition) is 8. The molecule has 12 heteroatoms. The minimum absolute atomic E-state index is 0.0373. The second-order valence-corrected chi connectivity index (χ2v) is 13.0. The Morgan fingerprint density at radius 1 is 1.16 bits per heavy atom. The number of allylic oxidation sites excluding steroid dienone is 2. The van der Waals surface area contributed by atoms with Crippen LogP contribution in [0.2, 0.25) is 0 Å². The lowest BCUT2D eigenvalue weighted by molar-refractivity contribution is -0.157. The zero-order chi connectivity index (χ0) is 32.0. The molecule has 2 fully saturated rings. The molecule has 5 rings (SSSR count). The summed E-state index contributed by atoms with van der Waals surface area (Å²) in [6.45, 7) is 6.99. The van der Waals surface area contributed by atoms with Crippen molar-refractivity contribution in [2.24, 2.45) is 23.2 Å². The van der Waals surface area contributed by atoms with Crippen molar-refractivity contribution in [3.05, 3.63) is 36.0 Å². The SMILES string of the molecule is CC[C@@H]1[C@@H]2CN(C(=O)[C@H](C(C)(C)C)CC(=O)O[C@@H]3C[C@H]3CC/C=C/C(F)(F)c3nc4ccc(OC)cc4nc3O2)[C@@H]1C(=O)O. The van der Waals surface area contributed by atoms with E-state index in [0.29, 0.717) is 25.0 Å². The number of amides is 1. The fourth-order valence-electron chi connectivity index (χ4n) is 6.26. The number of carboxylic acid groups (broad SMARTS) is 1. The Kier molecular flexibility index (Phi) is 8.56. The van der Waals surface area contributed by atoms with Crippen molar-refractivity contribution in [1.29, 1.82) is 0 Å². The molecule has 2 bridgehead atoms. The molecule has 1 N–H and O–H groups in total. The number of carboxylic acids is 1. The highest BCUT2D eigenvalue weighted by molar-refractivity contribution is 5.89. The van der Waals surface area contributed by atoms with Gasteiger partial charge in [-0.15, -0.1) is 0 Å². The Hall–Kier alpha value is -3.83. The molecular formula is C32H39F2N3O7. The molecule has 44 heavy (non-hydrogen) atoms. The van der Waals surface area contributed by atoms with Gasteiger partial charge in [0.25, 0.3) is 0 Å². The van der Waals surface area contributed by atoms with Crippen molar-refractivity contribution in [3.8, 4) is 11.6 Å². The zero-order valence-electron chi connectivity index (χ0n) is 25.6. The molecule has 1 aromatic carbocycles. The Morgan fingerprint density at radius 3 is 2.57 bits per heavy atom. The van der Waals surface area contributed by atoms with Crippen molar-refractivity contribution < 1.29 is 42.5 Å². The molecule has 10 nitrogen and oxygen atoms in total. The first-order valence-electron chi connectivity index (χ1n) is 15.0. The number of benzene rings is 1. The molecule has 1 amide bonds. The predicted octanol–water partition coefficient (Wildman–Crippen LogP) is 5.13. The first kappa shape index (κ1) is 31.6. The second kappa shape index (κ2) is 11.9. The molecule has 2 aromatic rings. The molecule has 1 aliphatic carbocycles. The molecule has 3 heterocycles. The zero-order valence-corrected chi connectivity index (χ0v) is 25.6. The molecule has 1 saturated heterocycles. The minimum atomic E-state index is -3.57. The first-order valence-corrected chi connectivity index (χ1v) is 15.0. The summed E-state index contributed by atoms with van der Waals surface area (Å²) < 4.78 is 48.7. The molecule has 0 spiro atoms. The number of aromatic nitrogens is 2. The number of esters is 1. The van der Waals surface area contributed by atoms with Crippen molar-refractivity contribution in [1.82, 2.24) is 14.9 Å². The summed E-state index contributed by atoms with van der Waals surface area (Å²) >= 11 is 0. The van der Waals surface area contributed by atoms with Crippen molar-refractivity contribution >= 4 is 28.9 Å². The van der Waals surface area contributed by atoms with Crippen LogP contribution in [0.5, 0.6) is 11.6 Å². The van der Waals surface area contributed by atoms with E-state index >= 15 is 8.78 Å². The van der Waals surface area contributed by atoms with Gasteiger partial charge in [-0.2, -0.15) is 8.78 Å². The maximum Gasteiger partial charge on any atom is 0.326 e. The van der Waals surface area contributed by atoms with E-state index in [9.17, 15) is 19.5 Å². The first-order chi connectivity index (χ1) is 20.7. The third-order valence-corrected chi connectivity index (χ3v) is 8.91. The van der Waals surface area contributed by atoms with Gasteiger partial charge in [-0.25, -0.2) is 14.8 Å². The minimum Gasteiger partial charge on any atom is -0.497 e. The molecule has 1 aromatic heterocycles. The number of nitrogens with zero attached hydrogens (tertiary/aromatic N) is 3. The van der Waals surface area contributed by atoms with Crippen LogP contribution in [0.15, 0.2) is 30.4 Å². The number of carbonyl (C=O) groups is 3. The normalized spacial score (nSPS) is 29.8. The van der Waals surface area contributed by atoms with Gasteiger partial charge in [-0.1, -0.05) is 33.8 Å². The number of methoxy groups -OCH3 is 1. The van der Waals surface area contributed by atoms with Crippen LogP contribution in [0.4, 0.5) is 8.78 Å².